The second kappa shape index (κ2) is 5.84. The van der Waals surface area contributed by atoms with Gasteiger partial charge in [-0.3, -0.25) is 4.79 Å². The molecule has 0 aliphatic heterocycles. The van der Waals surface area contributed by atoms with Crippen molar-refractivity contribution in [2.24, 2.45) is 0 Å². The number of nitrogens with two attached hydrogens (primary N) is 1. The number of anilines is 2. The van der Waals surface area contributed by atoms with Crippen LogP contribution < -0.4 is 11.1 Å². The monoisotopic (exact) mass is 319 g/mol. The SMILES string of the molecule is Cc1nc(Br)ccc1NC(=O)Cc1ccccc1N. The van der Waals surface area contributed by atoms with E-state index in [-0.39, 0.29) is 12.3 Å². The number of benzene rings is 1. The zero-order chi connectivity index (χ0) is 13.8. The lowest BCUT2D eigenvalue weighted by Crippen LogP contribution is -2.16. The second-order valence-electron chi connectivity index (χ2n) is 4.19. The Balaban J connectivity index is 2.08. The molecule has 0 fully saturated rings. The first-order valence-electron chi connectivity index (χ1n) is 5.82. The molecule has 0 saturated heterocycles. The van der Waals surface area contributed by atoms with Crippen LogP contribution in [0.4, 0.5) is 11.4 Å². The third-order valence-corrected chi connectivity index (χ3v) is 3.17. The van der Waals surface area contributed by atoms with Crippen molar-refractivity contribution in [3.05, 3.63) is 52.3 Å². The van der Waals surface area contributed by atoms with Gasteiger partial charge in [0.15, 0.2) is 0 Å². The van der Waals surface area contributed by atoms with Crippen molar-refractivity contribution in [1.29, 1.82) is 0 Å². The van der Waals surface area contributed by atoms with Crippen LogP contribution in [0.25, 0.3) is 0 Å². The first-order chi connectivity index (χ1) is 9.06. The summed E-state index contributed by atoms with van der Waals surface area (Å²) in [6, 6.07) is 11.0. The molecule has 0 unspecified atom stereocenters. The summed E-state index contributed by atoms with van der Waals surface area (Å²) in [4.78, 5) is 16.2. The van der Waals surface area contributed by atoms with Gasteiger partial charge >= 0.3 is 0 Å². The Kier molecular flexibility index (Phi) is 4.16. The maximum Gasteiger partial charge on any atom is 0.228 e. The molecule has 1 heterocycles. The van der Waals surface area contributed by atoms with E-state index in [1.54, 1.807) is 12.1 Å². The second-order valence-corrected chi connectivity index (χ2v) is 5.00. The summed E-state index contributed by atoms with van der Waals surface area (Å²) in [5, 5.41) is 2.84. The maximum absolute atomic E-state index is 12.0. The number of nitrogen functional groups attached to an aromatic ring is 1. The molecule has 98 valence electrons. The number of nitrogens with one attached hydrogen (secondary N) is 1. The predicted octanol–water partition coefficient (Wildman–Crippen LogP) is 2.92. The van der Waals surface area contributed by atoms with Gasteiger partial charge in [-0.1, -0.05) is 18.2 Å². The number of hydrogen-bond acceptors (Lipinski definition) is 3. The van der Waals surface area contributed by atoms with Gasteiger partial charge in [-0.15, -0.1) is 0 Å². The molecular formula is C14H14BrN3O. The normalized spacial score (nSPS) is 10.2. The van der Waals surface area contributed by atoms with E-state index in [1.165, 1.54) is 0 Å². The number of amides is 1. The van der Waals surface area contributed by atoms with Crippen LogP contribution in [0.3, 0.4) is 0 Å². The minimum Gasteiger partial charge on any atom is -0.398 e. The molecule has 0 atom stereocenters. The highest BCUT2D eigenvalue weighted by Gasteiger charge is 2.08. The van der Waals surface area contributed by atoms with Crippen LogP contribution in [-0.4, -0.2) is 10.9 Å². The molecule has 4 nitrogen and oxygen atoms in total. The fourth-order valence-electron chi connectivity index (χ4n) is 1.73. The predicted molar refractivity (Wildman–Crippen MR) is 79.9 cm³/mol. The molecule has 1 aromatic carbocycles. The van der Waals surface area contributed by atoms with E-state index >= 15 is 0 Å². The van der Waals surface area contributed by atoms with Crippen molar-refractivity contribution in [3.8, 4) is 0 Å². The average Bonchev–Trinajstić information content (AvgIpc) is 2.36. The summed E-state index contributed by atoms with van der Waals surface area (Å²) in [6.45, 7) is 1.84. The van der Waals surface area contributed by atoms with Crippen molar-refractivity contribution in [1.82, 2.24) is 4.98 Å². The summed E-state index contributed by atoms with van der Waals surface area (Å²) < 4.78 is 0.746. The Hall–Kier alpha value is -1.88. The van der Waals surface area contributed by atoms with Gasteiger partial charge in [0.1, 0.15) is 4.60 Å². The fraction of sp³-hybridized carbons (Fsp3) is 0.143. The molecule has 3 N–H and O–H groups in total. The number of carbonyl (C=O) groups is 1. The van der Waals surface area contributed by atoms with E-state index < -0.39 is 0 Å². The summed E-state index contributed by atoms with van der Waals surface area (Å²) in [6.07, 6.45) is 0.252. The Morgan fingerprint density at radius 3 is 2.74 bits per heavy atom. The molecule has 0 saturated carbocycles. The third kappa shape index (κ3) is 3.54. The Bertz CT molecular complexity index is 613. The molecule has 1 aromatic heterocycles. The van der Waals surface area contributed by atoms with Gasteiger partial charge in [-0.25, -0.2) is 4.98 Å². The molecule has 0 aliphatic carbocycles. The molecule has 2 aromatic rings. The van der Waals surface area contributed by atoms with Crippen LogP contribution in [0.15, 0.2) is 41.0 Å². The van der Waals surface area contributed by atoms with Crippen molar-refractivity contribution in [3.63, 3.8) is 0 Å². The van der Waals surface area contributed by atoms with E-state index in [9.17, 15) is 4.79 Å². The standard InChI is InChI=1S/C14H14BrN3O/c1-9-12(6-7-13(15)17-9)18-14(19)8-10-4-2-3-5-11(10)16/h2-7H,8,16H2,1H3,(H,18,19). The summed E-state index contributed by atoms with van der Waals surface area (Å²) in [5.74, 6) is -0.106. The molecule has 2 rings (SSSR count). The fourth-order valence-corrected chi connectivity index (χ4v) is 2.12. The number of hydrogen-bond donors (Lipinski definition) is 2. The topological polar surface area (TPSA) is 68.0 Å². The largest absolute Gasteiger partial charge is 0.398 e. The van der Waals surface area contributed by atoms with Gasteiger partial charge in [0, 0.05) is 5.69 Å². The molecule has 1 amide bonds. The van der Waals surface area contributed by atoms with E-state index in [4.69, 9.17) is 5.73 Å². The zero-order valence-electron chi connectivity index (χ0n) is 10.5. The van der Waals surface area contributed by atoms with Crippen molar-refractivity contribution in [2.75, 3.05) is 11.1 Å². The minimum atomic E-state index is -0.106. The number of aryl methyl sites for hydroxylation is 1. The lowest BCUT2D eigenvalue weighted by Gasteiger charge is -2.09. The van der Waals surface area contributed by atoms with Gasteiger partial charge < -0.3 is 11.1 Å². The van der Waals surface area contributed by atoms with Crippen LogP contribution >= 0.6 is 15.9 Å². The minimum absolute atomic E-state index is 0.106. The van der Waals surface area contributed by atoms with Crippen LogP contribution in [0.2, 0.25) is 0 Å². The summed E-state index contributed by atoms with van der Waals surface area (Å²) >= 11 is 3.29. The Morgan fingerprint density at radius 2 is 2.05 bits per heavy atom. The van der Waals surface area contributed by atoms with Gasteiger partial charge in [-0.2, -0.15) is 0 Å². The highest BCUT2D eigenvalue weighted by Crippen LogP contribution is 2.17. The van der Waals surface area contributed by atoms with Gasteiger partial charge in [-0.05, 0) is 46.6 Å². The highest BCUT2D eigenvalue weighted by molar-refractivity contribution is 9.10. The van der Waals surface area contributed by atoms with Gasteiger partial charge in [0.25, 0.3) is 0 Å². The van der Waals surface area contributed by atoms with E-state index in [0.29, 0.717) is 11.4 Å². The molecule has 5 heteroatoms. The number of halogens is 1. The van der Waals surface area contributed by atoms with Crippen LogP contribution in [0, 0.1) is 6.92 Å². The lowest BCUT2D eigenvalue weighted by molar-refractivity contribution is -0.115. The number of aromatic nitrogens is 1. The summed E-state index contributed by atoms with van der Waals surface area (Å²) in [5.41, 5.74) is 8.74. The number of nitrogens with zero attached hydrogens (tertiary/aromatic N) is 1. The smallest absolute Gasteiger partial charge is 0.228 e. The molecule has 0 spiro atoms. The average molecular weight is 320 g/mol. The van der Waals surface area contributed by atoms with E-state index in [1.807, 2.05) is 31.2 Å². The molecular weight excluding hydrogens is 306 g/mol. The van der Waals surface area contributed by atoms with Crippen LogP contribution in [0.5, 0.6) is 0 Å². The number of para-hydroxylation sites is 1. The molecule has 0 radical (unpaired) electrons. The van der Waals surface area contributed by atoms with Gasteiger partial charge in [0.05, 0.1) is 17.8 Å². The molecule has 0 bridgehead atoms. The molecule has 0 aliphatic rings. The maximum atomic E-state index is 12.0. The first-order valence-corrected chi connectivity index (χ1v) is 6.62. The Morgan fingerprint density at radius 1 is 1.32 bits per heavy atom. The summed E-state index contributed by atoms with van der Waals surface area (Å²) in [7, 11) is 0. The molecule has 19 heavy (non-hydrogen) atoms. The lowest BCUT2D eigenvalue weighted by atomic mass is 10.1. The number of carbonyl (C=O) groups excluding carboxylic acids is 1. The van der Waals surface area contributed by atoms with Crippen molar-refractivity contribution < 1.29 is 4.79 Å². The van der Waals surface area contributed by atoms with E-state index in [2.05, 4.69) is 26.2 Å². The van der Waals surface area contributed by atoms with Crippen LogP contribution in [0.1, 0.15) is 11.3 Å². The quantitative estimate of drug-likeness (QED) is 0.675. The Labute approximate surface area is 120 Å². The van der Waals surface area contributed by atoms with Crippen LogP contribution in [-0.2, 0) is 11.2 Å². The zero-order valence-corrected chi connectivity index (χ0v) is 12.1. The first kappa shape index (κ1) is 13.5. The van der Waals surface area contributed by atoms with E-state index in [0.717, 1.165) is 15.9 Å². The van der Waals surface area contributed by atoms with Crippen molar-refractivity contribution >= 4 is 33.2 Å². The third-order valence-electron chi connectivity index (χ3n) is 2.73. The number of rotatable bonds is 3. The van der Waals surface area contributed by atoms with Gasteiger partial charge in [0.2, 0.25) is 5.91 Å². The highest BCUT2D eigenvalue weighted by atomic mass is 79.9. The number of pyridine rings is 1. The van der Waals surface area contributed by atoms with Crippen molar-refractivity contribution in [2.45, 2.75) is 13.3 Å².